The highest BCUT2D eigenvalue weighted by Crippen LogP contribution is 2.04. The number of esters is 1. The molecule has 0 aliphatic heterocycles. The van der Waals surface area contributed by atoms with Gasteiger partial charge >= 0.3 is 5.97 Å². The Balaban J connectivity index is 2.59. The molecular formula is C13H14O3. The van der Waals surface area contributed by atoms with Gasteiger partial charge in [0.25, 0.3) is 0 Å². The van der Waals surface area contributed by atoms with E-state index < -0.39 is 0 Å². The van der Waals surface area contributed by atoms with E-state index in [2.05, 4.69) is 0 Å². The van der Waals surface area contributed by atoms with Gasteiger partial charge < -0.3 is 4.74 Å². The number of benzene rings is 1. The van der Waals surface area contributed by atoms with Gasteiger partial charge in [-0.05, 0) is 32.1 Å². The Morgan fingerprint density at radius 3 is 2.38 bits per heavy atom. The third kappa shape index (κ3) is 3.69. The summed E-state index contributed by atoms with van der Waals surface area (Å²) in [6.45, 7) is 4.15. The molecule has 0 spiro atoms. The predicted molar refractivity (Wildman–Crippen MR) is 61.5 cm³/mol. The number of rotatable bonds is 4. The van der Waals surface area contributed by atoms with Gasteiger partial charge in [0.2, 0.25) is 0 Å². The highest BCUT2D eigenvalue weighted by Gasteiger charge is 2.05. The number of carbonyl (C=O) groups excluding carboxylic acids is 2. The summed E-state index contributed by atoms with van der Waals surface area (Å²) in [6.07, 6.45) is 2.57. The van der Waals surface area contributed by atoms with E-state index >= 15 is 0 Å². The van der Waals surface area contributed by atoms with Crippen molar-refractivity contribution in [1.82, 2.24) is 0 Å². The van der Waals surface area contributed by atoms with Crippen LogP contribution in [-0.2, 0) is 4.74 Å². The minimum Gasteiger partial charge on any atom is -0.458 e. The van der Waals surface area contributed by atoms with E-state index in [1.165, 1.54) is 0 Å². The monoisotopic (exact) mass is 218 g/mol. The van der Waals surface area contributed by atoms with Crippen LogP contribution in [0.25, 0.3) is 0 Å². The van der Waals surface area contributed by atoms with Gasteiger partial charge in [0.1, 0.15) is 12.9 Å². The van der Waals surface area contributed by atoms with Gasteiger partial charge in [-0.15, -0.1) is 0 Å². The molecule has 3 heteroatoms. The van der Waals surface area contributed by atoms with Crippen molar-refractivity contribution in [3.63, 3.8) is 0 Å². The first-order chi connectivity index (χ1) is 7.63. The van der Waals surface area contributed by atoms with Crippen molar-refractivity contribution < 1.29 is 14.3 Å². The lowest BCUT2D eigenvalue weighted by atomic mass is 10.1. The quantitative estimate of drug-likeness (QED) is 0.443. The minimum atomic E-state index is -0.380. The SMILES string of the molecule is CC(C)=CCOC(=O)c1ccc(C=O)cc1. The third-order valence-electron chi connectivity index (χ3n) is 1.99. The molecule has 0 amide bonds. The molecule has 0 aliphatic rings. The molecule has 0 unspecified atom stereocenters. The van der Waals surface area contributed by atoms with Crippen molar-refractivity contribution in [1.29, 1.82) is 0 Å². The van der Waals surface area contributed by atoms with E-state index in [9.17, 15) is 9.59 Å². The van der Waals surface area contributed by atoms with Gasteiger partial charge in [0.05, 0.1) is 5.56 Å². The van der Waals surface area contributed by atoms with Crippen molar-refractivity contribution >= 4 is 12.3 Å². The number of aldehydes is 1. The van der Waals surface area contributed by atoms with Crippen LogP contribution >= 0.6 is 0 Å². The summed E-state index contributed by atoms with van der Waals surface area (Å²) in [5.41, 5.74) is 2.10. The van der Waals surface area contributed by atoms with Crippen LogP contribution in [0.3, 0.4) is 0 Å². The first kappa shape index (κ1) is 12.2. The van der Waals surface area contributed by atoms with Gasteiger partial charge in [-0.1, -0.05) is 17.7 Å². The molecule has 16 heavy (non-hydrogen) atoms. The fourth-order valence-corrected chi connectivity index (χ4v) is 1.07. The number of ether oxygens (including phenoxy) is 1. The Labute approximate surface area is 94.7 Å². The Morgan fingerprint density at radius 2 is 1.88 bits per heavy atom. The molecule has 84 valence electrons. The summed E-state index contributed by atoms with van der Waals surface area (Å²) >= 11 is 0. The fraction of sp³-hybridized carbons (Fsp3) is 0.231. The molecule has 1 rings (SSSR count). The second kappa shape index (κ2) is 5.85. The summed E-state index contributed by atoms with van der Waals surface area (Å²) in [5, 5.41) is 0. The molecule has 0 saturated heterocycles. The number of hydrogen-bond donors (Lipinski definition) is 0. The molecule has 0 atom stereocenters. The minimum absolute atomic E-state index is 0.274. The zero-order valence-corrected chi connectivity index (χ0v) is 9.40. The maximum Gasteiger partial charge on any atom is 0.338 e. The smallest absolute Gasteiger partial charge is 0.338 e. The first-order valence-corrected chi connectivity index (χ1v) is 4.99. The van der Waals surface area contributed by atoms with Gasteiger partial charge in [-0.2, -0.15) is 0 Å². The second-order valence-corrected chi connectivity index (χ2v) is 3.62. The van der Waals surface area contributed by atoms with Crippen LogP contribution in [0.2, 0.25) is 0 Å². The molecule has 0 radical (unpaired) electrons. The van der Waals surface area contributed by atoms with E-state index in [0.717, 1.165) is 11.9 Å². The molecule has 0 bridgehead atoms. The van der Waals surface area contributed by atoms with Crippen molar-refractivity contribution in [2.24, 2.45) is 0 Å². The highest BCUT2D eigenvalue weighted by atomic mass is 16.5. The molecule has 0 saturated carbocycles. The van der Waals surface area contributed by atoms with Crippen molar-refractivity contribution in [2.45, 2.75) is 13.8 Å². The molecular weight excluding hydrogens is 204 g/mol. The lowest BCUT2D eigenvalue weighted by Gasteiger charge is -2.02. The average molecular weight is 218 g/mol. The number of allylic oxidation sites excluding steroid dienone is 1. The van der Waals surface area contributed by atoms with E-state index in [1.54, 1.807) is 24.3 Å². The summed E-state index contributed by atoms with van der Waals surface area (Å²) in [5.74, 6) is -0.380. The van der Waals surface area contributed by atoms with Gasteiger partial charge in [-0.3, -0.25) is 4.79 Å². The Bertz CT molecular complexity index is 398. The van der Waals surface area contributed by atoms with Gasteiger partial charge in [0, 0.05) is 5.56 Å². The molecule has 0 aromatic heterocycles. The number of carbonyl (C=O) groups is 2. The number of hydrogen-bond acceptors (Lipinski definition) is 3. The summed E-state index contributed by atoms with van der Waals surface area (Å²) < 4.78 is 5.01. The van der Waals surface area contributed by atoms with Crippen LogP contribution < -0.4 is 0 Å². The average Bonchev–Trinajstić information content (AvgIpc) is 2.28. The standard InChI is InChI=1S/C13H14O3/c1-10(2)7-8-16-13(15)12-5-3-11(9-14)4-6-12/h3-7,9H,8H2,1-2H3. The van der Waals surface area contributed by atoms with Gasteiger partial charge in [-0.25, -0.2) is 4.79 Å². The lowest BCUT2D eigenvalue weighted by molar-refractivity contribution is 0.0549. The van der Waals surface area contributed by atoms with E-state index in [0.29, 0.717) is 11.1 Å². The lowest BCUT2D eigenvalue weighted by Crippen LogP contribution is -2.05. The molecule has 0 aliphatic carbocycles. The van der Waals surface area contributed by atoms with E-state index in [-0.39, 0.29) is 12.6 Å². The Kier molecular flexibility index (Phi) is 4.45. The van der Waals surface area contributed by atoms with Crippen LogP contribution in [0.1, 0.15) is 34.6 Å². The summed E-state index contributed by atoms with van der Waals surface area (Å²) in [7, 11) is 0. The maximum absolute atomic E-state index is 11.5. The van der Waals surface area contributed by atoms with Gasteiger partial charge in [0.15, 0.2) is 0 Å². The maximum atomic E-state index is 11.5. The molecule has 0 fully saturated rings. The predicted octanol–water partition coefficient (Wildman–Crippen LogP) is 2.62. The Morgan fingerprint density at radius 1 is 1.25 bits per heavy atom. The first-order valence-electron chi connectivity index (χ1n) is 4.99. The Hall–Kier alpha value is -1.90. The summed E-state index contributed by atoms with van der Waals surface area (Å²) in [6, 6.07) is 6.33. The molecule has 3 nitrogen and oxygen atoms in total. The third-order valence-corrected chi connectivity index (χ3v) is 1.99. The van der Waals surface area contributed by atoms with Crippen LogP contribution in [0, 0.1) is 0 Å². The topological polar surface area (TPSA) is 43.4 Å². The summed E-state index contributed by atoms with van der Waals surface area (Å²) in [4.78, 5) is 21.9. The highest BCUT2D eigenvalue weighted by molar-refractivity contribution is 5.90. The zero-order chi connectivity index (χ0) is 12.0. The van der Waals surface area contributed by atoms with Crippen LogP contribution in [0.5, 0.6) is 0 Å². The largest absolute Gasteiger partial charge is 0.458 e. The van der Waals surface area contributed by atoms with Crippen molar-refractivity contribution in [3.05, 3.63) is 47.0 Å². The molecule has 1 aromatic rings. The van der Waals surface area contributed by atoms with Crippen molar-refractivity contribution in [2.75, 3.05) is 6.61 Å². The van der Waals surface area contributed by atoms with Crippen LogP contribution in [-0.4, -0.2) is 18.9 Å². The molecule has 0 heterocycles. The zero-order valence-electron chi connectivity index (χ0n) is 9.40. The molecule has 0 N–H and O–H groups in total. The fourth-order valence-electron chi connectivity index (χ4n) is 1.07. The van der Waals surface area contributed by atoms with E-state index in [1.807, 2.05) is 19.9 Å². The van der Waals surface area contributed by atoms with Crippen molar-refractivity contribution in [3.8, 4) is 0 Å². The normalized spacial score (nSPS) is 9.38. The second-order valence-electron chi connectivity index (χ2n) is 3.62. The van der Waals surface area contributed by atoms with Crippen LogP contribution in [0.15, 0.2) is 35.9 Å². The van der Waals surface area contributed by atoms with Crippen LogP contribution in [0.4, 0.5) is 0 Å². The molecule has 1 aromatic carbocycles. The van der Waals surface area contributed by atoms with E-state index in [4.69, 9.17) is 4.74 Å².